The molecule has 0 aliphatic carbocycles. The Morgan fingerprint density at radius 2 is 1.74 bits per heavy atom. The molecule has 4 N–H and O–H groups in total. The summed E-state index contributed by atoms with van der Waals surface area (Å²) >= 11 is 0. The van der Waals surface area contributed by atoms with Gasteiger partial charge in [-0.25, -0.2) is 5.43 Å². The van der Waals surface area contributed by atoms with Gasteiger partial charge in [-0.05, 0) is 48.7 Å². The third kappa shape index (κ3) is 4.65. The van der Waals surface area contributed by atoms with E-state index in [1.54, 1.807) is 48.5 Å². The minimum absolute atomic E-state index is 0.0544. The summed E-state index contributed by atoms with van der Waals surface area (Å²) < 4.78 is 0. The lowest BCUT2D eigenvalue weighted by Crippen LogP contribution is -2.55. The average molecular weight is 464 g/mol. The van der Waals surface area contributed by atoms with Gasteiger partial charge in [0.05, 0.1) is 12.6 Å². The van der Waals surface area contributed by atoms with Gasteiger partial charge in [-0.3, -0.25) is 24.2 Å². The summed E-state index contributed by atoms with van der Waals surface area (Å²) in [5.41, 5.74) is 10.1. The van der Waals surface area contributed by atoms with Crippen LogP contribution in [0.5, 0.6) is 0 Å². The molecule has 2 saturated heterocycles. The molecule has 0 bridgehead atoms. The lowest BCUT2D eigenvalue weighted by molar-refractivity contribution is -0.141. The highest BCUT2D eigenvalue weighted by Gasteiger charge is 2.52. The Bertz CT molecular complexity index is 1090. The summed E-state index contributed by atoms with van der Waals surface area (Å²) in [7, 11) is 0. The van der Waals surface area contributed by atoms with Crippen LogP contribution in [0.2, 0.25) is 0 Å². The number of Topliss-reactive ketones (excluding diaryl/α,β-unsaturated/α-hetero) is 1. The molecular weight excluding hydrogens is 434 g/mol. The van der Waals surface area contributed by atoms with Crippen molar-refractivity contribution >= 4 is 29.2 Å². The Hall–Kier alpha value is -3.72. The van der Waals surface area contributed by atoms with Gasteiger partial charge >= 0.3 is 0 Å². The number of anilines is 1. The maximum Gasteiger partial charge on any atom is 0.260 e. The van der Waals surface area contributed by atoms with Crippen molar-refractivity contribution in [2.75, 3.05) is 18.8 Å². The Morgan fingerprint density at radius 1 is 1.06 bits per heavy atom. The van der Waals surface area contributed by atoms with E-state index in [2.05, 4.69) is 10.7 Å². The number of ketones is 1. The molecule has 3 atom stereocenters. The van der Waals surface area contributed by atoms with Crippen LogP contribution in [-0.4, -0.2) is 64.6 Å². The van der Waals surface area contributed by atoms with E-state index in [9.17, 15) is 19.2 Å². The maximum absolute atomic E-state index is 13.5. The van der Waals surface area contributed by atoms with Crippen molar-refractivity contribution in [1.29, 1.82) is 0 Å². The van der Waals surface area contributed by atoms with Crippen molar-refractivity contribution in [1.82, 2.24) is 20.7 Å². The Balaban J connectivity index is 1.51. The van der Waals surface area contributed by atoms with E-state index in [4.69, 9.17) is 5.73 Å². The normalized spacial score (nSPS) is 20.4. The van der Waals surface area contributed by atoms with E-state index in [-0.39, 0.29) is 30.7 Å². The number of hydrazine groups is 1. The van der Waals surface area contributed by atoms with Gasteiger partial charge in [0.1, 0.15) is 12.1 Å². The van der Waals surface area contributed by atoms with Crippen LogP contribution in [0.25, 0.3) is 0 Å². The minimum Gasteiger partial charge on any atom is -0.399 e. The smallest absolute Gasteiger partial charge is 0.260 e. The molecule has 3 unspecified atom stereocenters. The minimum atomic E-state index is -0.831. The number of benzene rings is 2. The Labute approximate surface area is 198 Å². The summed E-state index contributed by atoms with van der Waals surface area (Å²) in [5, 5.41) is 4.12. The number of nitrogen functional groups attached to an aromatic ring is 1. The fraction of sp³-hybridized carbons (Fsp3) is 0.360. The van der Waals surface area contributed by atoms with Crippen molar-refractivity contribution in [3.8, 4) is 0 Å². The summed E-state index contributed by atoms with van der Waals surface area (Å²) in [6.07, 6.45) is 0.399. The first-order valence-corrected chi connectivity index (χ1v) is 11.4. The number of carbonyl (C=O) groups is 4. The molecule has 0 aromatic heterocycles. The molecule has 2 aromatic carbocycles. The standard InChI is InChI=1S/C25H29N5O4/c1-15(2)12-19(28-23(32)16-8-10-18(26)11-9-16)25(34)30-22-20(13-27-30)29(14-21(22)31)24(33)17-6-4-3-5-7-17/h3-11,15,19-20,22,27H,12-14,26H2,1-2H3,(H,28,32). The number of nitrogens with two attached hydrogens (primary N) is 1. The third-order valence-electron chi connectivity index (χ3n) is 6.17. The van der Waals surface area contributed by atoms with Crippen LogP contribution in [0.4, 0.5) is 5.69 Å². The van der Waals surface area contributed by atoms with Crippen molar-refractivity contribution in [3.05, 3.63) is 65.7 Å². The number of likely N-dealkylation sites (tertiary alicyclic amines) is 1. The Kier molecular flexibility index (Phi) is 6.65. The van der Waals surface area contributed by atoms with E-state index in [1.807, 2.05) is 19.9 Å². The van der Waals surface area contributed by atoms with Gasteiger partial charge in [-0.2, -0.15) is 0 Å². The van der Waals surface area contributed by atoms with Gasteiger partial charge in [0.2, 0.25) is 0 Å². The summed E-state index contributed by atoms with van der Waals surface area (Å²) in [6, 6.07) is 13.1. The molecule has 2 aromatic rings. The molecule has 34 heavy (non-hydrogen) atoms. The molecule has 2 heterocycles. The molecule has 9 nitrogen and oxygen atoms in total. The quantitative estimate of drug-likeness (QED) is 0.554. The molecular formula is C25H29N5O4. The van der Waals surface area contributed by atoms with Gasteiger partial charge in [0, 0.05) is 23.4 Å². The second-order valence-corrected chi connectivity index (χ2v) is 9.13. The second kappa shape index (κ2) is 9.64. The zero-order valence-electron chi connectivity index (χ0n) is 19.2. The highest BCUT2D eigenvalue weighted by molar-refractivity contribution is 6.03. The molecule has 4 rings (SSSR count). The summed E-state index contributed by atoms with van der Waals surface area (Å²) in [4.78, 5) is 53.7. The first-order valence-electron chi connectivity index (χ1n) is 11.4. The number of fused-ring (bicyclic) bond motifs is 1. The zero-order chi connectivity index (χ0) is 24.4. The fourth-order valence-corrected chi connectivity index (χ4v) is 4.51. The van der Waals surface area contributed by atoms with E-state index in [0.717, 1.165) is 0 Å². The average Bonchev–Trinajstić information content (AvgIpc) is 3.39. The van der Waals surface area contributed by atoms with Crippen LogP contribution in [0, 0.1) is 5.92 Å². The number of nitrogens with zero attached hydrogens (tertiary/aromatic N) is 2. The highest BCUT2D eigenvalue weighted by Crippen LogP contribution is 2.27. The first-order chi connectivity index (χ1) is 16.3. The number of hydrogen-bond donors (Lipinski definition) is 3. The molecule has 2 fully saturated rings. The molecule has 178 valence electrons. The van der Waals surface area contributed by atoms with Crippen LogP contribution in [0.3, 0.4) is 0 Å². The predicted octanol–water partition coefficient (Wildman–Crippen LogP) is 1.22. The van der Waals surface area contributed by atoms with Gasteiger partial charge in [0.25, 0.3) is 17.7 Å². The number of carbonyl (C=O) groups excluding carboxylic acids is 4. The molecule has 9 heteroatoms. The van der Waals surface area contributed by atoms with Crippen LogP contribution in [0.15, 0.2) is 54.6 Å². The molecule has 2 aliphatic rings. The third-order valence-corrected chi connectivity index (χ3v) is 6.17. The lowest BCUT2D eigenvalue weighted by atomic mass is 10.0. The van der Waals surface area contributed by atoms with Crippen LogP contribution < -0.4 is 16.5 Å². The molecule has 0 saturated carbocycles. The molecule has 3 amide bonds. The first kappa shape index (κ1) is 23.4. The zero-order valence-corrected chi connectivity index (χ0v) is 19.2. The number of nitrogens with one attached hydrogen (secondary N) is 2. The topological polar surface area (TPSA) is 125 Å². The summed E-state index contributed by atoms with van der Waals surface area (Å²) in [5.74, 6) is -1.12. The number of hydrogen-bond acceptors (Lipinski definition) is 6. The fourth-order valence-electron chi connectivity index (χ4n) is 4.51. The molecule has 2 aliphatic heterocycles. The second-order valence-electron chi connectivity index (χ2n) is 9.13. The van der Waals surface area contributed by atoms with Crippen molar-refractivity contribution in [2.24, 2.45) is 5.92 Å². The number of rotatable bonds is 6. The lowest BCUT2D eigenvalue weighted by Gasteiger charge is -2.28. The largest absolute Gasteiger partial charge is 0.399 e. The molecule has 0 spiro atoms. The van der Waals surface area contributed by atoms with Crippen LogP contribution in [-0.2, 0) is 9.59 Å². The van der Waals surface area contributed by atoms with Gasteiger partial charge in [-0.15, -0.1) is 0 Å². The van der Waals surface area contributed by atoms with Crippen LogP contribution >= 0.6 is 0 Å². The van der Waals surface area contributed by atoms with Crippen molar-refractivity contribution in [3.63, 3.8) is 0 Å². The van der Waals surface area contributed by atoms with E-state index >= 15 is 0 Å². The molecule has 0 radical (unpaired) electrons. The van der Waals surface area contributed by atoms with Gasteiger partial charge in [0.15, 0.2) is 5.78 Å². The number of amides is 3. The predicted molar refractivity (Wildman–Crippen MR) is 126 cm³/mol. The van der Waals surface area contributed by atoms with E-state index in [0.29, 0.717) is 23.2 Å². The van der Waals surface area contributed by atoms with Gasteiger partial charge < -0.3 is 16.0 Å². The van der Waals surface area contributed by atoms with Crippen molar-refractivity contribution in [2.45, 2.75) is 38.4 Å². The van der Waals surface area contributed by atoms with E-state index < -0.39 is 29.9 Å². The summed E-state index contributed by atoms with van der Waals surface area (Å²) in [6.45, 7) is 4.13. The Morgan fingerprint density at radius 3 is 2.38 bits per heavy atom. The van der Waals surface area contributed by atoms with Gasteiger partial charge in [-0.1, -0.05) is 32.0 Å². The monoisotopic (exact) mass is 463 g/mol. The maximum atomic E-state index is 13.5. The SMILES string of the molecule is CC(C)CC(NC(=O)c1ccc(N)cc1)C(=O)N1NCC2C1C(=O)CN2C(=O)c1ccccc1. The van der Waals surface area contributed by atoms with Crippen LogP contribution in [0.1, 0.15) is 41.0 Å². The van der Waals surface area contributed by atoms with E-state index in [1.165, 1.54) is 9.91 Å². The highest BCUT2D eigenvalue weighted by atomic mass is 16.2. The van der Waals surface area contributed by atoms with Crippen molar-refractivity contribution < 1.29 is 19.2 Å².